The summed E-state index contributed by atoms with van der Waals surface area (Å²) in [5.41, 5.74) is 0. The Balaban J connectivity index is 0.000000688. The zero-order valence-electron chi connectivity index (χ0n) is 14.5. The Labute approximate surface area is 139 Å². The van der Waals surface area contributed by atoms with Crippen LogP contribution in [0.4, 0.5) is 0 Å². The highest BCUT2D eigenvalue weighted by atomic mass is 16.5. The summed E-state index contributed by atoms with van der Waals surface area (Å²) in [6.07, 6.45) is 15.3. The topological polar surface area (TPSA) is 89.3 Å². The van der Waals surface area contributed by atoms with E-state index in [4.69, 9.17) is 9.84 Å². The Morgan fingerprint density at radius 3 is 2.26 bits per heavy atom. The van der Waals surface area contributed by atoms with Crippen molar-refractivity contribution in [3.05, 3.63) is 18.7 Å². The molecule has 134 valence electrons. The van der Waals surface area contributed by atoms with Gasteiger partial charge in [-0.2, -0.15) is 0 Å². The molecule has 0 aliphatic rings. The molecule has 0 aromatic carbocycles. The second-order valence-corrected chi connectivity index (χ2v) is 5.63. The molecule has 6 nitrogen and oxygen atoms in total. The number of aliphatic carboxylic acids is 1. The molecule has 2 N–H and O–H groups in total. The van der Waals surface area contributed by atoms with Crippen LogP contribution in [0.25, 0.3) is 0 Å². The van der Waals surface area contributed by atoms with Gasteiger partial charge in [-0.1, -0.05) is 51.9 Å². The van der Waals surface area contributed by atoms with Gasteiger partial charge in [0.05, 0.1) is 18.7 Å². The Morgan fingerprint density at radius 1 is 1.22 bits per heavy atom. The van der Waals surface area contributed by atoms with Crippen molar-refractivity contribution in [1.29, 1.82) is 0 Å². The van der Waals surface area contributed by atoms with E-state index in [0.717, 1.165) is 13.5 Å². The molecule has 0 amide bonds. The molecular formula is C17H32N2O4. The van der Waals surface area contributed by atoms with Crippen molar-refractivity contribution in [2.75, 3.05) is 6.61 Å². The van der Waals surface area contributed by atoms with Gasteiger partial charge in [-0.05, 0) is 13.3 Å². The lowest BCUT2D eigenvalue weighted by molar-refractivity contribution is -0.731. The molecule has 0 aliphatic heterocycles. The molecule has 0 radical (unpaired) electrons. The quantitative estimate of drug-likeness (QED) is 0.450. The smallest absolute Gasteiger partial charge is 0.243 e. The number of carbonyl (C=O) groups is 1. The number of H-pyrrole nitrogens is 1. The fourth-order valence-electron chi connectivity index (χ4n) is 1.91. The van der Waals surface area contributed by atoms with E-state index in [1.807, 2.05) is 23.3 Å². The molecule has 1 aromatic rings. The lowest BCUT2D eigenvalue weighted by Gasteiger charge is -2.02. The molecule has 0 bridgehead atoms. The highest BCUT2D eigenvalue weighted by Gasteiger charge is 1.96. The van der Waals surface area contributed by atoms with Gasteiger partial charge in [0.25, 0.3) is 0 Å². The maximum absolute atomic E-state index is 9.34. The van der Waals surface area contributed by atoms with Crippen LogP contribution in [0.3, 0.4) is 0 Å². The van der Waals surface area contributed by atoms with Crippen molar-refractivity contribution in [3.63, 3.8) is 0 Å². The first-order valence-corrected chi connectivity index (χ1v) is 8.56. The summed E-state index contributed by atoms with van der Waals surface area (Å²) in [6.45, 7) is 4.95. The summed E-state index contributed by atoms with van der Waals surface area (Å²) >= 11 is 0. The zero-order valence-corrected chi connectivity index (χ0v) is 14.5. The van der Waals surface area contributed by atoms with Crippen LogP contribution in [-0.4, -0.2) is 28.8 Å². The van der Waals surface area contributed by atoms with Crippen molar-refractivity contribution in [2.24, 2.45) is 0 Å². The van der Waals surface area contributed by atoms with E-state index in [9.17, 15) is 9.90 Å². The second kappa shape index (κ2) is 15.5. The number of aliphatic hydroxyl groups excluding tert-OH is 1. The number of carboxylic acid groups (broad SMARTS) is 1. The van der Waals surface area contributed by atoms with Gasteiger partial charge in [0.2, 0.25) is 6.33 Å². The molecule has 1 atom stereocenters. The number of unbranched alkanes of at least 4 members (excludes halogenated alkanes) is 7. The standard InChI is InChI=1S/C14H26N2O.C3H6O3/c1-2-3-4-5-6-7-8-9-12-17-14-16-11-10-15-13-16;1-2(4)3(5)6/h10-11,13H,2-9,12,14H2,1H3;2,4H,1H3,(H,5,6). The third-order valence-corrected chi connectivity index (χ3v) is 3.33. The minimum absolute atomic E-state index is 0.667. The Morgan fingerprint density at radius 2 is 1.78 bits per heavy atom. The number of rotatable bonds is 12. The molecule has 0 saturated carbocycles. The van der Waals surface area contributed by atoms with Crippen LogP contribution in [0.2, 0.25) is 0 Å². The lowest BCUT2D eigenvalue weighted by atomic mass is 10.1. The van der Waals surface area contributed by atoms with Crippen molar-refractivity contribution in [1.82, 2.24) is 4.98 Å². The Kier molecular flexibility index (Phi) is 14.6. The van der Waals surface area contributed by atoms with Crippen LogP contribution >= 0.6 is 0 Å². The van der Waals surface area contributed by atoms with E-state index in [-0.39, 0.29) is 0 Å². The number of nitrogens with zero attached hydrogens (tertiary/aromatic N) is 1. The first-order chi connectivity index (χ1) is 11.1. The summed E-state index contributed by atoms with van der Waals surface area (Å²) in [5, 5.41) is 17.3. The van der Waals surface area contributed by atoms with Crippen LogP contribution in [0, 0.1) is 0 Å². The van der Waals surface area contributed by atoms with Gasteiger partial charge in [0.15, 0.2) is 6.73 Å². The van der Waals surface area contributed by atoms with Gasteiger partial charge in [-0.15, -0.1) is 0 Å². The number of aliphatic hydroxyl groups is 1. The fraction of sp³-hybridized carbons (Fsp3) is 0.765. The van der Waals surface area contributed by atoms with E-state index in [2.05, 4.69) is 11.9 Å². The summed E-state index contributed by atoms with van der Waals surface area (Å²) in [5.74, 6) is -1.44. The average molecular weight is 328 g/mol. The van der Waals surface area contributed by atoms with Crippen LogP contribution in [-0.2, 0) is 16.3 Å². The van der Waals surface area contributed by atoms with Gasteiger partial charge < -0.3 is 19.7 Å². The molecule has 23 heavy (non-hydrogen) atoms. The Bertz CT molecular complexity index is 367. The third-order valence-electron chi connectivity index (χ3n) is 3.33. The molecule has 1 heterocycles. The van der Waals surface area contributed by atoms with Crippen molar-refractivity contribution >= 4 is 5.97 Å². The van der Waals surface area contributed by atoms with Gasteiger partial charge in [0.1, 0.15) is 12.4 Å². The number of aromatic amines is 1. The molecule has 0 aliphatic carbocycles. The number of carbonyl (C=O) groups excluding carboxylic acids is 1. The lowest BCUT2D eigenvalue weighted by Crippen LogP contribution is -2.32. The third kappa shape index (κ3) is 15.3. The van der Waals surface area contributed by atoms with Gasteiger partial charge >= 0.3 is 0 Å². The summed E-state index contributed by atoms with van der Waals surface area (Å²) in [6, 6.07) is 0. The van der Waals surface area contributed by atoms with Crippen molar-refractivity contribution in [3.8, 4) is 0 Å². The number of nitrogens with one attached hydrogen (secondary N) is 1. The van der Waals surface area contributed by atoms with Gasteiger partial charge in [0, 0.05) is 0 Å². The molecule has 1 unspecified atom stereocenters. The van der Waals surface area contributed by atoms with Crippen LogP contribution < -0.4 is 9.67 Å². The predicted octanol–water partition coefficient (Wildman–Crippen LogP) is 1.53. The zero-order chi connectivity index (χ0) is 17.3. The van der Waals surface area contributed by atoms with Crippen molar-refractivity contribution < 1.29 is 24.3 Å². The van der Waals surface area contributed by atoms with Crippen LogP contribution in [0.15, 0.2) is 18.7 Å². The maximum atomic E-state index is 9.34. The fourth-order valence-corrected chi connectivity index (χ4v) is 1.91. The summed E-state index contributed by atoms with van der Waals surface area (Å²) in [7, 11) is 0. The van der Waals surface area contributed by atoms with E-state index >= 15 is 0 Å². The first kappa shape index (κ1) is 21.6. The second-order valence-electron chi connectivity index (χ2n) is 5.63. The number of hydrogen-bond acceptors (Lipinski definition) is 4. The molecule has 6 heteroatoms. The van der Waals surface area contributed by atoms with Gasteiger partial charge in [-0.25, -0.2) is 4.57 Å². The molecule has 1 rings (SSSR count). The SMILES string of the molecule is CC(O)C(=O)[O-].CCCCCCCCCCOC[n+]1cc[nH]c1. The number of carboxylic acids is 1. The highest BCUT2D eigenvalue weighted by molar-refractivity contribution is 5.68. The van der Waals surface area contributed by atoms with E-state index in [1.165, 1.54) is 51.4 Å². The van der Waals surface area contributed by atoms with Crippen molar-refractivity contribution in [2.45, 2.75) is 78.0 Å². The molecule has 0 fully saturated rings. The normalized spacial score (nSPS) is 11.6. The average Bonchev–Trinajstić information content (AvgIpc) is 3.03. The predicted molar refractivity (Wildman–Crippen MR) is 86.2 cm³/mol. The van der Waals surface area contributed by atoms with E-state index < -0.39 is 12.1 Å². The minimum atomic E-state index is -1.44. The van der Waals surface area contributed by atoms with E-state index in [1.54, 1.807) is 0 Å². The molecule has 0 spiro atoms. The summed E-state index contributed by atoms with van der Waals surface area (Å²) in [4.78, 5) is 12.3. The van der Waals surface area contributed by atoms with Gasteiger partial charge in [-0.3, -0.25) is 4.98 Å². The number of ether oxygens (including phenoxy) is 1. The monoisotopic (exact) mass is 328 g/mol. The first-order valence-electron chi connectivity index (χ1n) is 8.56. The highest BCUT2D eigenvalue weighted by Crippen LogP contribution is 2.08. The number of imidazole rings is 1. The Hall–Kier alpha value is -1.40. The molecule has 1 aromatic heterocycles. The minimum Gasteiger partial charge on any atom is -0.547 e. The van der Waals surface area contributed by atoms with Crippen LogP contribution in [0.5, 0.6) is 0 Å². The largest absolute Gasteiger partial charge is 0.547 e. The maximum Gasteiger partial charge on any atom is 0.243 e. The molecule has 0 saturated heterocycles. The number of aromatic nitrogens is 2. The van der Waals surface area contributed by atoms with Crippen LogP contribution in [0.1, 0.15) is 65.2 Å². The number of hydrogen-bond donors (Lipinski definition) is 2. The summed E-state index contributed by atoms with van der Waals surface area (Å²) < 4.78 is 7.57. The van der Waals surface area contributed by atoms with E-state index in [0.29, 0.717) is 6.73 Å². The molecular weight excluding hydrogens is 296 g/mol.